The Labute approximate surface area is 85.7 Å². The molecule has 0 saturated heterocycles. The highest BCUT2D eigenvalue weighted by molar-refractivity contribution is 6.30. The van der Waals surface area contributed by atoms with Gasteiger partial charge >= 0.3 is 0 Å². The van der Waals surface area contributed by atoms with Crippen LogP contribution >= 0.6 is 23.2 Å². The zero-order chi connectivity index (χ0) is 9.84. The Balaban J connectivity index is 2.68. The van der Waals surface area contributed by atoms with Gasteiger partial charge in [-0.25, -0.2) is 4.39 Å². The third kappa shape index (κ3) is 3.25. The van der Waals surface area contributed by atoms with Crippen LogP contribution in [0.4, 0.5) is 4.39 Å². The van der Waals surface area contributed by atoms with Gasteiger partial charge in [0.2, 0.25) is 0 Å². The van der Waals surface area contributed by atoms with Crippen molar-refractivity contribution in [2.24, 2.45) is 0 Å². The van der Waals surface area contributed by atoms with Crippen molar-refractivity contribution in [1.82, 2.24) is 0 Å². The topological polar surface area (TPSA) is 9.23 Å². The molecule has 0 fully saturated rings. The third-order valence-corrected chi connectivity index (χ3v) is 1.70. The van der Waals surface area contributed by atoms with E-state index in [1.165, 1.54) is 12.1 Å². The minimum Gasteiger partial charge on any atom is -0.488 e. The van der Waals surface area contributed by atoms with Gasteiger partial charge in [0.05, 0.1) is 5.02 Å². The molecular weight excluding hydrogens is 214 g/mol. The highest BCUT2D eigenvalue weighted by Gasteiger charge is 2.01. The van der Waals surface area contributed by atoms with Gasteiger partial charge in [-0.15, -0.1) is 0 Å². The Morgan fingerprint density at radius 3 is 2.77 bits per heavy atom. The Bertz CT molecular complexity index is 325. The molecule has 0 aliphatic heterocycles. The second kappa shape index (κ2) is 4.49. The van der Waals surface area contributed by atoms with E-state index in [0.717, 1.165) is 0 Å². The highest BCUT2D eigenvalue weighted by atomic mass is 35.5. The normalized spacial score (nSPS) is 9.77. The first kappa shape index (κ1) is 10.4. The van der Waals surface area contributed by atoms with E-state index < -0.39 is 5.82 Å². The number of hydrogen-bond acceptors (Lipinski definition) is 1. The van der Waals surface area contributed by atoms with Crippen molar-refractivity contribution in [3.8, 4) is 5.75 Å². The van der Waals surface area contributed by atoms with E-state index in [-0.39, 0.29) is 11.6 Å². The van der Waals surface area contributed by atoms with Crippen LogP contribution in [-0.2, 0) is 0 Å². The molecule has 0 atom stereocenters. The summed E-state index contributed by atoms with van der Waals surface area (Å²) in [4.78, 5) is 0. The Morgan fingerprint density at radius 1 is 1.54 bits per heavy atom. The SMILES string of the molecule is C=C(Cl)COc1ccc(Cl)c(F)c1. The molecule has 1 nitrogen and oxygen atoms in total. The molecule has 0 N–H and O–H groups in total. The zero-order valence-corrected chi connectivity index (χ0v) is 8.20. The molecule has 4 heteroatoms. The van der Waals surface area contributed by atoms with Gasteiger partial charge in [0.15, 0.2) is 0 Å². The molecule has 0 radical (unpaired) electrons. The van der Waals surface area contributed by atoms with E-state index in [4.69, 9.17) is 27.9 Å². The van der Waals surface area contributed by atoms with Crippen LogP contribution in [-0.4, -0.2) is 6.61 Å². The van der Waals surface area contributed by atoms with Crippen molar-refractivity contribution in [2.45, 2.75) is 0 Å². The van der Waals surface area contributed by atoms with Crippen molar-refractivity contribution in [3.05, 3.63) is 40.7 Å². The molecule has 1 aromatic carbocycles. The van der Waals surface area contributed by atoms with Crippen molar-refractivity contribution in [2.75, 3.05) is 6.61 Å². The summed E-state index contributed by atoms with van der Waals surface area (Å²) in [7, 11) is 0. The number of benzene rings is 1. The second-order valence-corrected chi connectivity index (χ2v) is 3.32. The van der Waals surface area contributed by atoms with E-state index >= 15 is 0 Å². The van der Waals surface area contributed by atoms with Crippen molar-refractivity contribution >= 4 is 23.2 Å². The molecule has 0 amide bonds. The first-order chi connectivity index (χ1) is 6.09. The van der Waals surface area contributed by atoms with Crippen LogP contribution in [0.1, 0.15) is 0 Å². The largest absolute Gasteiger partial charge is 0.488 e. The van der Waals surface area contributed by atoms with Crippen LogP contribution < -0.4 is 4.74 Å². The van der Waals surface area contributed by atoms with Gasteiger partial charge in [-0.1, -0.05) is 29.8 Å². The summed E-state index contributed by atoms with van der Waals surface area (Å²) in [6.45, 7) is 3.59. The quantitative estimate of drug-likeness (QED) is 0.757. The summed E-state index contributed by atoms with van der Waals surface area (Å²) in [6, 6.07) is 4.18. The predicted octanol–water partition coefficient (Wildman–Crippen LogP) is 3.61. The molecule has 1 rings (SSSR count). The first-order valence-electron chi connectivity index (χ1n) is 3.50. The van der Waals surface area contributed by atoms with Crippen molar-refractivity contribution < 1.29 is 9.13 Å². The summed E-state index contributed by atoms with van der Waals surface area (Å²) >= 11 is 10.9. The molecule has 1 aromatic rings. The van der Waals surface area contributed by atoms with Crippen molar-refractivity contribution in [1.29, 1.82) is 0 Å². The number of ether oxygens (including phenoxy) is 1. The predicted molar refractivity (Wildman–Crippen MR) is 51.9 cm³/mol. The minimum atomic E-state index is -0.514. The Hall–Kier alpha value is -0.730. The monoisotopic (exact) mass is 220 g/mol. The second-order valence-electron chi connectivity index (χ2n) is 2.38. The standard InChI is InChI=1S/C9H7Cl2FO/c1-6(10)5-13-7-2-3-8(11)9(12)4-7/h2-4H,1,5H2. The molecule has 0 heterocycles. The van der Waals surface area contributed by atoms with Gasteiger partial charge < -0.3 is 4.74 Å². The fourth-order valence-corrected chi connectivity index (χ4v) is 0.900. The van der Waals surface area contributed by atoms with Crippen LogP contribution in [0.2, 0.25) is 5.02 Å². The van der Waals surface area contributed by atoms with Gasteiger partial charge in [-0.05, 0) is 12.1 Å². The Kier molecular flexibility index (Phi) is 3.58. The van der Waals surface area contributed by atoms with E-state index in [2.05, 4.69) is 6.58 Å². The van der Waals surface area contributed by atoms with Gasteiger partial charge in [0.1, 0.15) is 18.2 Å². The molecule has 0 bridgehead atoms. The summed E-state index contributed by atoms with van der Waals surface area (Å²) < 4.78 is 17.9. The van der Waals surface area contributed by atoms with Gasteiger partial charge in [0, 0.05) is 11.1 Å². The molecule has 0 aromatic heterocycles. The summed E-state index contributed by atoms with van der Waals surface area (Å²) in [5.74, 6) is -0.136. The number of halogens is 3. The van der Waals surface area contributed by atoms with E-state index in [1.807, 2.05) is 0 Å². The molecule has 0 saturated carbocycles. The van der Waals surface area contributed by atoms with Crippen molar-refractivity contribution in [3.63, 3.8) is 0 Å². The lowest BCUT2D eigenvalue weighted by Crippen LogP contribution is -1.96. The zero-order valence-electron chi connectivity index (χ0n) is 6.69. The van der Waals surface area contributed by atoms with Crippen LogP contribution in [0.15, 0.2) is 29.8 Å². The summed E-state index contributed by atoms with van der Waals surface area (Å²) in [5.41, 5.74) is 0. The summed E-state index contributed by atoms with van der Waals surface area (Å²) in [5, 5.41) is 0.424. The minimum absolute atomic E-state index is 0.0667. The average molecular weight is 221 g/mol. The van der Waals surface area contributed by atoms with E-state index in [0.29, 0.717) is 10.8 Å². The third-order valence-electron chi connectivity index (χ3n) is 1.29. The van der Waals surface area contributed by atoms with Gasteiger partial charge in [-0.3, -0.25) is 0 Å². The lowest BCUT2D eigenvalue weighted by molar-refractivity contribution is 0.357. The molecular formula is C9H7Cl2FO. The average Bonchev–Trinajstić information content (AvgIpc) is 2.07. The molecule has 0 aliphatic carbocycles. The molecule has 0 unspecified atom stereocenters. The molecule has 13 heavy (non-hydrogen) atoms. The molecule has 0 aliphatic rings. The maximum absolute atomic E-state index is 12.8. The van der Waals surface area contributed by atoms with E-state index in [9.17, 15) is 4.39 Å². The number of rotatable bonds is 3. The molecule has 70 valence electrons. The van der Waals surface area contributed by atoms with Gasteiger partial charge in [0.25, 0.3) is 0 Å². The maximum atomic E-state index is 12.8. The fraction of sp³-hybridized carbons (Fsp3) is 0.111. The van der Waals surface area contributed by atoms with Gasteiger partial charge in [-0.2, -0.15) is 0 Å². The lowest BCUT2D eigenvalue weighted by Gasteiger charge is -2.04. The van der Waals surface area contributed by atoms with Crippen LogP contribution in [0.5, 0.6) is 5.75 Å². The summed E-state index contributed by atoms with van der Waals surface area (Å²) in [6.07, 6.45) is 0. The Morgan fingerprint density at radius 2 is 2.23 bits per heavy atom. The van der Waals surface area contributed by atoms with Crippen LogP contribution in [0.25, 0.3) is 0 Å². The van der Waals surface area contributed by atoms with E-state index in [1.54, 1.807) is 6.07 Å². The smallest absolute Gasteiger partial charge is 0.145 e. The first-order valence-corrected chi connectivity index (χ1v) is 4.26. The maximum Gasteiger partial charge on any atom is 0.145 e. The number of hydrogen-bond donors (Lipinski definition) is 0. The highest BCUT2D eigenvalue weighted by Crippen LogP contribution is 2.20. The molecule has 0 spiro atoms. The van der Waals surface area contributed by atoms with Crippen LogP contribution in [0, 0.1) is 5.82 Å². The lowest BCUT2D eigenvalue weighted by atomic mass is 10.3. The fourth-order valence-electron chi connectivity index (χ4n) is 0.728. The van der Waals surface area contributed by atoms with Crippen LogP contribution in [0.3, 0.4) is 0 Å².